The van der Waals surface area contributed by atoms with Crippen molar-refractivity contribution in [3.05, 3.63) is 186 Å². The summed E-state index contributed by atoms with van der Waals surface area (Å²) in [6.45, 7) is 4.84. The molecular formula is C52H45IrN3-2. The minimum Gasteiger partial charge on any atom is -0.333 e. The van der Waals surface area contributed by atoms with Crippen LogP contribution in [-0.2, 0) is 20.1 Å². The number of benzene rings is 7. The van der Waals surface area contributed by atoms with Gasteiger partial charge in [0.25, 0.3) is 0 Å². The molecule has 0 aliphatic heterocycles. The van der Waals surface area contributed by atoms with E-state index in [0.29, 0.717) is 23.1 Å². The fraction of sp³-hybridized carbons (Fsp3) is 0.154. The van der Waals surface area contributed by atoms with Crippen LogP contribution >= 0.6 is 0 Å². The topological polar surface area (TPSA) is 30.7 Å². The third kappa shape index (κ3) is 7.73. The van der Waals surface area contributed by atoms with Crippen LogP contribution in [0.2, 0.25) is 0 Å². The van der Waals surface area contributed by atoms with Gasteiger partial charge in [-0.1, -0.05) is 136 Å². The first kappa shape index (κ1) is 31.5. The Hall–Kier alpha value is -5.67. The van der Waals surface area contributed by atoms with Crippen LogP contribution < -0.4 is 0 Å². The average Bonchev–Trinajstić information content (AvgIpc) is 3.65. The SMILES string of the molecule is CC(C)c1cc(-c2ccccc2)cc(C(C)C)c1-n1c(-c2[c-]cc3c(ccc4ccccc43)c2)nc2ccccc21.[2H]C([2H])([2H])c1c[c-]c(-c2ccc(C([2H])([2H])[2H])cn2)cc1.[Ir]. The van der Waals surface area contributed by atoms with Gasteiger partial charge in [0.15, 0.2) is 0 Å². The summed E-state index contributed by atoms with van der Waals surface area (Å²) >= 11 is 0. The van der Waals surface area contributed by atoms with E-state index in [9.17, 15) is 0 Å². The van der Waals surface area contributed by atoms with Gasteiger partial charge in [-0.25, -0.2) is 0 Å². The molecule has 0 amide bonds. The fourth-order valence-corrected chi connectivity index (χ4v) is 7.26. The van der Waals surface area contributed by atoms with Gasteiger partial charge in [-0.15, -0.1) is 64.5 Å². The van der Waals surface area contributed by atoms with Crippen molar-refractivity contribution in [2.24, 2.45) is 0 Å². The molecule has 3 nitrogen and oxygen atoms in total. The molecule has 0 fully saturated rings. The fourth-order valence-electron chi connectivity index (χ4n) is 7.26. The molecule has 0 aliphatic carbocycles. The molecule has 0 N–H and O–H groups in total. The van der Waals surface area contributed by atoms with Crippen LogP contribution in [-0.4, -0.2) is 14.5 Å². The molecule has 7 aromatic carbocycles. The van der Waals surface area contributed by atoms with Gasteiger partial charge in [0.1, 0.15) is 0 Å². The van der Waals surface area contributed by atoms with E-state index < -0.39 is 13.7 Å². The standard InChI is InChI=1S/C39H33N2.C13H12N.Ir/c1-25(2)34-23-31(27-12-6-5-7-13-27)24-35(26(3)4)38(34)41-37-17-11-10-16-36(37)40-39(41)30-20-21-33-29(22-30)19-18-28-14-8-9-15-32(28)33;1-10-3-6-12(7-4-10)13-8-5-11(2)9-14-13;/h5-19,21-26H,1-4H3;3-6,8-9H,1-2H3;/q2*-1;/i;1D3,2D3;. The quantitative estimate of drug-likeness (QED) is 0.123. The maximum Gasteiger partial charge on any atom is 0.0774 e. The maximum atomic E-state index is 7.28. The summed E-state index contributed by atoms with van der Waals surface area (Å²) in [5.41, 5.74) is 11.1. The summed E-state index contributed by atoms with van der Waals surface area (Å²) in [7, 11) is 0. The van der Waals surface area contributed by atoms with Crippen LogP contribution in [0.4, 0.5) is 0 Å². The Morgan fingerprint density at radius 1 is 0.589 bits per heavy atom. The molecule has 4 heteroatoms. The molecule has 0 saturated heterocycles. The van der Waals surface area contributed by atoms with E-state index in [4.69, 9.17) is 13.2 Å². The second-order valence-electron chi connectivity index (χ2n) is 14.5. The van der Waals surface area contributed by atoms with Gasteiger partial charge in [0.2, 0.25) is 0 Å². The van der Waals surface area contributed by atoms with Crippen molar-refractivity contribution in [1.29, 1.82) is 0 Å². The van der Waals surface area contributed by atoms with Crippen LogP contribution in [0.1, 0.15) is 70.0 Å². The van der Waals surface area contributed by atoms with Crippen LogP contribution in [0.15, 0.2) is 152 Å². The molecule has 2 heterocycles. The molecule has 0 atom stereocenters. The number of hydrogen-bond donors (Lipinski definition) is 0. The minimum absolute atomic E-state index is 0. The first-order valence-corrected chi connectivity index (χ1v) is 18.7. The second kappa shape index (κ2) is 16.6. The van der Waals surface area contributed by atoms with Crippen molar-refractivity contribution >= 4 is 32.6 Å². The largest absolute Gasteiger partial charge is 0.333 e. The molecule has 2 aromatic heterocycles. The van der Waals surface area contributed by atoms with Crippen LogP contribution in [0.3, 0.4) is 0 Å². The molecule has 0 aliphatic rings. The Kier molecular flexibility index (Phi) is 9.34. The predicted octanol–water partition coefficient (Wildman–Crippen LogP) is 13.9. The van der Waals surface area contributed by atoms with E-state index in [1.54, 1.807) is 12.1 Å². The van der Waals surface area contributed by atoms with Gasteiger partial charge >= 0.3 is 0 Å². The van der Waals surface area contributed by atoms with Crippen molar-refractivity contribution in [3.63, 3.8) is 0 Å². The molecule has 279 valence electrons. The van der Waals surface area contributed by atoms with Crippen molar-refractivity contribution in [3.8, 4) is 39.5 Å². The Bertz CT molecular complexity index is 2900. The number of aromatic nitrogens is 3. The molecule has 9 aromatic rings. The summed E-state index contributed by atoms with van der Waals surface area (Å²) in [5.74, 6) is 1.58. The first-order chi connectivity index (χ1) is 29.2. The van der Waals surface area contributed by atoms with E-state index in [2.05, 4.69) is 165 Å². The smallest absolute Gasteiger partial charge is 0.0774 e. The van der Waals surface area contributed by atoms with E-state index in [-0.39, 0.29) is 31.2 Å². The second-order valence-corrected chi connectivity index (χ2v) is 14.5. The van der Waals surface area contributed by atoms with Crippen LogP contribution in [0, 0.1) is 25.8 Å². The third-order valence-electron chi connectivity index (χ3n) is 10.1. The van der Waals surface area contributed by atoms with Gasteiger partial charge in [0, 0.05) is 40.2 Å². The summed E-state index contributed by atoms with van der Waals surface area (Å²) in [6.07, 6.45) is 1.30. The third-order valence-corrected chi connectivity index (χ3v) is 10.1. The van der Waals surface area contributed by atoms with E-state index >= 15 is 0 Å². The molecule has 0 spiro atoms. The van der Waals surface area contributed by atoms with Crippen LogP contribution in [0.5, 0.6) is 0 Å². The number of para-hydroxylation sites is 2. The number of fused-ring (bicyclic) bond motifs is 4. The van der Waals surface area contributed by atoms with Crippen molar-refractivity contribution in [2.45, 2.75) is 53.2 Å². The first-order valence-electron chi connectivity index (χ1n) is 21.7. The van der Waals surface area contributed by atoms with Gasteiger partial charge in [-0.05, 0) is 81.9 Å². The predicted molar refractivity (Wildman–Crippen MR) is 232 cm³/mol. The monoisotopic (exact) mass is 910 g/mol. The molecule has 0 bridgehead atoms. The molecular weight excluding hydrogens is 859 g/mol. The van der Waals surface area contributed by atoms with Crippen molar-refractivity contribution in [1.82, 2.24) is 14.5 Å². The molecule has 9 rings (SSSR count). The summed E-state index contributed by atoms with van der Waals surface area (Å²) < 4.78 is 46.0. The van der Waals surface area contributed by atoms with Gasteiger partial charge < -0.3 is 9.55 Å². The normalized spacial score (nSPS) is 13.2. The Balaban J connectivity index is 0.000000233. The van der Waals surface area contributed by atoms with Crippen molar-refractivity contribution in [2.75, 3.05) is 0 Å². The van der Waals surface area contributed by atoms with Gasteiger partial charge in [0.05, 0.1) is 16.9 Å². The summed E-state index contributed by atoms with van der Waals surface area (Å²) in [5, 5.41) is 4.91. The molecule has 0 saturated carbocycles. The zero-order valence-corrected chi connectivity index (χ0v) is 34.2. The Labute approximate surface area is 352 Å². The van der Waals surface area contributed by atoms with Crippen LogP contribution in [0.25, 0.3) is 72.0 Å². The zero-order chi connectivity index (χ0) is 43.1. The Morgan fingerprint density at radius 3 is 1.96 bits per heavy atom. The number of rotatable bonds is 6. The van der Waals surface area contributed by atoms with E-state index in [1.807, 2.05) is 0 Å². The van der Waals surface area contributed by atoms with Gasteiger partial charge in [-0.2, -0.15) is 0 Å². The maximum absolute atomic E-state index is 7.28. The molecule has 0 unspecified atom stereocenters. The molecule has 1 radical (unpaired) electrons. The van der Waals surface area contributed by atoms with E-state index in [0.717, 1.165) is 22.4 Å². The number of hydrogen-bond acceptors (Lipinski definition) is 2. The summed E-state index contributed by atoms with van der Waals surface area (Å²) in [4.78, 5) is 9.32. The summed E-state index contributed by atoms with van der Waals surface area (Å²) in [6, 6.07) is 55.5. The minimum atomic E-state index is -2.18. The number of imidazole rings is 1. The molecule has 56 heavy (non-hydrogen) atoms. The van der Waals surface area contributed by atoms with Gasteiger partial charge in [-0.3, -0.25) is 4.98 Å². The number of pyridine rings is 1. The van der Waals surface area contributed by atoms with Crippen molar-refractivity contribution < 1.29 is 28.3 Å². The number of nitrogens with zero attached hydrogens (tertiary/aromatic N) is 3. The average molecular weight is 910 g/mol. The zero-order valence-electron chi connectivity index (χ0n) is 37.8. The Morgan fingerprint density at radius 2 is 1.27 bits per heavy atom. The van der Waals surface area contributed by atoms with E-state index in [1.165, 1.54) is 73.9 Å². The number of aryl methyl sites for hydroxylation is 2.